The molecule has 0 spiro atoms. The molecule has 4 nitrogen and oxygen atoms in total. The van der Waals surface area contributed by atoms with E-state index < -0.39 is 11.9 Å². The van der Waals surface area contributed by atoms with Crippen LogP contribution in [0.3, 0.4) is 0 Å². The van der Waals surface area contributed by atoms with Crippen molar-refractivity contribution in [1.29, 1.82) is 0 Å². The van der Waals surface area contributed by atoms with Crippen LogP contribution in [0.4, 0.5) is 5.69 Å². The van der Waals surface area contributed by atoms with Crippen molar-refractivity contribution in [3.05, 3.63) is 29.3 Å². The van der Waals surface area contributed by atoms with Gasteiger partial charge in [0, 0.05) is 12.2 Å². The van der Waals surface area contributed by atoms with Crippen LogP contribution in [0.2, 0.25) is 0 Å². The van der Waals surface area contributed by atoms with Crippen molar-refractivity contribution in [1.82, 2.24) is 0 Å². The lowest BCUT2D eigenvalue weighted by Crippen LogP contribution is -2.30. The second kappa shape index (κ2) is 4.20. The number of benzene rings is 1. The van der Waals surface area contributed by atoms with E-state index in [0.29, 0.717) is 13.0 Å². The number of amides is 1. The standard InChI is InChI=1S/C13H15NO3/c1-8-3-4-9(2)11(7-8)14-6-5-10(12(14)15)13(16)17/h3-4,7,10H,5-6H2,1-2H3,(H,16,17). The topological polar surface area (TPSA) is 57.6 Å². The van der Waals surface area contributed by atoms with E-state index in [1.54, 1.807) is 4.90 Å². The first-order valence-corrected chi connectivity index (χ1v) is 5.62. The number of aryl methyl sites for hydroxylation is 2. The van der Waals surface area contributed by atoms with Gasteiger partial charge in [-0.1, -0.05) is 12.1 Å². The maximum Gasteiger partial charge on any atom is 0.316 e. The van der Waals surface area contributed by atoms with Crippen molar-refractivity contribution < 1.29 is 14.7 Å². The van der Waals surface area contributed by atoms with E-state index >= 15 is 0 Å². The highest BCUT2D eigenvalue weighted by molar-refractivity contribution is 6.08. The zero-order valence-corrected chi connectivity index (χ0v) is 9.93. The molecule has 0 radical (unpaired) electrons. The predicted octanol–water partition coefficient (Wildman–Crippen LogP) is 1.74. The second-order valence-electron chi connectivity index (χ2n) is 4.46. The van der Waals surface area contributed by atoms with Crippen LogP contribution in [0.5, 0.6) is 0 Å². The van der Waals surface area contributed by atoms with Gasteiger partial charge in [-0.3, -0.25) is 9.59 Å². The van der Waals surface area contributed by atoms with E-state index in [2.05, 4.69) is 0 Å². The van der Waals surface area contributed by atoms with Gasteiger partial charge in [0.05, 0.1) is 0 Å². The molecule has 4 heteroatoms. The van der Waals surface area contributed by atoms with E-state index in [9.17, 15) is 9.59 Å². The van der Waals surface area contributed by atoms with Crippen LogP contribution in [0.25, 0.3) is 0 Å². The molecule has 1 aliphatic heterocycles. The van der Waals surface area contributed by atoms with Gasteiger partial charge in [-0.25, -0.2) is 0 Å². The zero-order valence-electron chi connectivity index (χ0n) is 9.93. The number of carboxylic acids is 1. The molecule has 0 aliphatic carbocycles. The maximum atomic E-state index is 12.0. The molecular weight excluding hydrogens is 218 g/mol. The van der Waals surface area contributed by atoms with Crippen LogP contribution in [0, 0.1) is 19.8 Å². The SMILES string of the molecule is Cc1ccc(C)c(N2CCC(C(=O)O)C2=O)c1. The zero-order chi connectivity index (χ0) is 12.6. The Hall–Kier alpha value is -1.84. The molecule has 2 rings (SSSR count). The number of hydrogen-bond donors (Lipinski definition) is 1. The first kappa shape index (κ1) is 11.6. The molecule has 17 heavy (non-hydrogen) atoms. The summed E-state index contributed by atoms with van der Waals surface area (Å²) in [6.07, 6.45) is 0.390. The molecule has 1 N–H and O–H groups in total. The van der Waals surface area contributed by atoms with Crippen LogP contribution in [-0.2, 0) is 9.59 Å². The molecule has 90 valence electrons. The normalized spacial score (nSPS) is 19.8. The molecule has 0 bridgehead atoms. The molecule has 1 fully saturated rings. The molecule has 1 amide bonds. The lowest BCUT2D eigenvalue weighted by Gasteiger charge is -2.19. The van der Waals surface area contributed by atoms with Crippen LogP contribution in [0.15, 0.2) is 18.2 Å². The molecule has 0 aromatic heterocycles. The average Bonchev–Trinajstić information content (AvgIpc) is 2.64. The molecule has 1 aromatic carbocycles. The first-order valence-electron chi connectivity index (χ1n) is 5.62. The number of carbonyl (C=O) groups excluding carboxylic acids is 1. The van der Waals surface area contributed by atoms with Crippen LogP contribution in [-0.4, -0.2) is 23.5 Å². The lowest BCUT2D eigenvalue weighted by molar-refractivity contribution is -0.144. The quantitative estimate of drug-likeness (QED) is 0.791. The molecular formula is C13H15NO3. The molecule has 0 saturated carbocycles. The van der Waals surface area contributed by atoms with Crippen molar-refractivity contribution in [3.63, 3.8) is 0 Å². The molecule has 1 aliphatic rings. The van der Waals surface area contributed by atoms with Crippen LogP contribution >= 0.6 is 0 Å². The Morgan fingerprint density at radius 2 is 2.12 bits per heavy atom. The van der Waals surface area contributed by atoms with Crippen LogP contribution < -0.4 is 4.90 Å². The summed E-state index contributed by atoms with van der Waals surface area (Å²) in [6, 6.07) is 5.86. The van der Waals surface area contributed by atoms with Gasteiger partial charge in [-0.15, -0.1) is 0 Å². The van der Waals surface area contributed by atoms with Gasteiger partial charge in [-0.2, -0.15) is 0 Å². The Balaban J connectivity index is 2.33. The summed E-state index contributed by atoms with van der Waals surface area (Å²) in [6.45, 7) is 4.37. The fourth-order valence-electron chi connectivity index (χ4n) is 2.16. The van der Waals surface area contributed by atoms with E-state index in [4.69, 9.17) is 5.11 Å². The Morgan fingerprint density at radius 3 is 2.71 bits per heavy atom. The van der Waals surface area contributed by atoms with E-state index in [1.165, 1.54) is 0 Å². The Bertz CT molecular complexity index is 482. The van der Waals surface area contributed by atoms with Gasteiger partial charge in [0.1, 0.15) is 5.92 Å². The predicted molar refractivity (Wildman–Crippen MR) is 64.0 cm³/mol. The van der Waals surface area contributed by atoms with Gasteiger partial charge in [0.2, 0.25) is 5.91 Å². The summed E-state index contributed by atoms with van der Waals surface area (Å²) in [4.78, 5) is 24.4. The number of hydrogen-bond acceptors (Lipinski definition) is 2. The highest BCUT2D eigenvalue weighted by atomic mass is 16.4. The lowest BCUT2D eigenvalue weighted by atomic mass is 10.1. The van der Waals surface area contributed by atoms with Gasteiger partial charge in [0.15, 0.2) is 0 Å². The highest BCUT2D eigenvalue weighted by Crippen LogP contribution is 2.28. The molecule has 1 heterocycles. The molecule has 1 unspecified atom stereocenters. The fraction of sp³-hybridized carbons (Fsp3) is 0.385. The fourth-order valence-corrected chi connectivity index (χ4v) is 2.16. The van der Waals surface area contributed by atoms with Crippen LogP contribution in [0.1, 0.15) is 17.5 Å². The van der Waals surface area contributed by atoms with Gasteiger partial charge >= 0.3 is 5.97 Å². The third-order valence-electron chi connectivity index (χ3n) is 3.16. The molecule has 1 atom stereocenters. The van der Waals surface area contributed by atoms with Gasteiger partial charge < -0.3 is 10.0 Å². The largest absolute Gasteiger partial charge is 0.481 e. The minimum atomic E-state index is -1.03. The summed E-state index contributed by atoms with van der Waals surface area (Å²) < 4.78 is 0. The minimum absolute atomic E-state index is 0.300. The summed E-state index contributed by atoms with van der Waals surface area (Å²) in [7, 11) is 0. The minimum Gasteiger partial charge on any atom is -0.481 e. The molecule has 1 aromatic rings. The summed E-state index contributed by atoms with van der Waals surface area (Å²) in [5, 5.41) is 8.92. The Kier molecular flexibility index (Phi) is 2.88. The van der Waals surface area contributed by atoms with Crippen molar-refractivity contribution >= 4 is 17.6 Å². The van der Waals surface area contributed by atoms with Crippen molar-refractivity contribution in [3.8, 4) is 0 Å². The van der Waals surface area contributed by atoms with Gasteiger partial charge in [0.25, 0.3) is 0 Å². The Morgan fingerprint density at radius 1 is 1.41 bits per heavy atom. The number of anilines is 1. The summed E-state index contributed by atoms with van der Waals surface area (Å²) in [5.41, 5.74) is 2.89. The first-order chi connectivity index (χ1) is 8.00. The number of rotatable bonds is 2. The number of aliphatic carboxylic acids is 1. The highest BCUT2D eigenvalue weighted by Gasteiger charge is 2.37. The van der Waals surface area contributed by atoms with Crippen molar-refractivity contribution in [2.24, 2.45) is 5.92 Å². The smallest absolute Gasteiger partial charge is 0.316 e. The third kappa shape index (κ3) is 2.02. The van der Waals surface area contributed by atoms with E-state index in [-0.39, 0.29) is 5.91 Å². The molecule has 1 saturated heterocycles. The Labute approximate surface area is 99.9 Å². The van der Waals surface area contributed by atoms with Crippen molar-refractivity contribution in [2.45, 2.75) is 20.3 Å². The second-order valence-corrected chi connectivity index (χ2v) is 4.46. The summed E-state index contributed by atoms with van der Waals surface area (Å²) >= 11 is 0. The van der Waals surface area contributed by atoms with Crippen molar-refractivity contribution in [2.75, 3.05) is 11.4 Å². The number of carbonyl (C=O) groups is 2. The van der Waals surface area contributed by atoms with E-state index in [0.717, 1.165) is 16.8 Å². The number of carboxylic acid groups (broad SMARTS) is 1. The maximum absolute atomic E-state index is 12.0. The van der Waals surface area contributed by atoms with E-state index in [1.807, 2.05) is 32.0 Å². The monoisotopic (exact) mass is 233 g/mol. The average molecular weight is 233 g/mol. The third-order valence-corrected chi connectivity index (χ3v) is 3.16. The van der Waals surface area contributed by atoms with Gasteiger partial charge in [-0.05, 0) is 37.5 Å². The number of nitrogens with zero attached hydrogens (tertiary/aromatic N) is 1. The summed E-state index contributed by atoms with van der Waals surface area (Å²) in [5.74, 6) is -2.20.